The first-order valence-electron chi connectivity index (χ1n) is 8.57. The molecule has 1 aromatic heterocycles. The number of nitrogens with zero attached hydrogens (tertiary/aromatic N) is 2. The fourth-order valence-electron chi connectivity index (χ4n) is 4.39. The molecule has 1 N–H and O–H groups in total. The highest BCUT2D eigenvalue weighted by Gasteiger charge is 2.31. The van der Waals surface area contributed by atoms with E-state index in [4.69, 9.17) is 6.57 Å². The summed E-state index contributed by atoms with van der Waals surface area (Å²) in [5.74, 6) is 0.654. The van der Waals surface area contributed by atoms with Gasteiger partial charge in [0.1, 0.15) is 0 Å². The number of benzene rings is 1. The molecule has 1 aliphatic heterocycles. The molecule has 1 saturated carbocycles. The lowest BCUT2D eigenvalue weighted by molar-refractivity contribution is 0.164. The van der Waals surface area contributed by atoms with Crippen molar-refractivity contribution in [1.82, 2.24) is 9.88 Å². The van der Waals surface area contributed by atoms with E-state index in [0.717, 1.165) is 11.7 Å². The Balaban J connectivity index is 1.56. The summed E-state index contributed by atoms with van der Waals surface area (Å²) in [5.41, 5.74) is 3.35. The third kappa shape index (κ3) is 2.42. The predicted molar refractivity (Wildman–Crippen MR) is 90.4 cm³/mol. The van der Waals surface area contributed by atoms with Crippen LogP contribution in [0.15, 0.2) is 24.4 Å². The molecule has 4 rings (SSSR count). The first-order chi connectivity index (χ1) is 10.8. The Morgan fingerprint density at radius 3 is 2.82 bits per heavy atom. The van der Waals surface area contributed by atoms with Gasteiger partial charge in [0.2, 0.25) is 0 Å². The van der Waals surface area contributed by atoms with Crippen LogP contribution < -0.4 is 0 Å². The van der Waals surface area contributed by atoms with Gasteiger partial charge in [-0.3, -0.25) is 0 Å². The van der Waals surface area contributed by atoms with E-state index in [0.29, 0.717) is 5.92 Å². The molecule has 0 radical (unpaired) electrons. The molecular weight excluding hydrogens is 270 g/mol. The topological polar surface area (TPSA) is 23.4 Å². The Bertz CT molecular complexity index is 703. The van der Waals surface area contributed by atoms with Gasteiger partial charge in [0.15, 0.2) is 5.69 Å². The molecule has 2 heterocycles. The number of fused-ring (bicyclic) bond motifs is 1. The number of rotatable bonds is 2. The predicted octanol–water partition coefficient (Wildman–Crippen LogP) is 4.84. The zero-order valence-electron chi connectivity index (χ0n) is 13.0. The smallest absolute Gasteiger partial charge is 0.187 e. The van der Waals surface area contributed by atoms with E-state index in [1.54, 1.807) is 0 Å². The van der Waals surface area contributed by atoms with Crippen LogP contribution in [-0.4, -0.2) is 29.0 Å². The van der Waals surface area contributed by atoms with Crippen LogP contribution in [0.2, 0.25) is 0 Å². The molecule has 3 nitrogen and oxygen atoms in total. The Kier molecular flexibility index (Phi) is 3.63. The van der Waals surface area contributed by atoms with E-state index < -0.39 is 0 Å². The number of hydrogen-bond acceptors (Lipinski definition) is 1. The molecule has 22 heavy (non-hydrogen) atoms. The molecule has 1 saturated heterocycles. The molecule has 0 amide bonds. The SMILES string of the molecule is [C-]#[N+]c1ccc2[nH]cc(C3CCC(N4CCCCC4)C3)c2c1. The van der Waals surface area contributed by atoms with Gasteiger partial charge in [-0.15, -0.1) is 0 Å². The van der Waals surface area contributed by atoms with Crippen LogP contribution in [-0.2, 0) is 0 Å². The molecule has 2 aliphatic rings. The second-order valence-electron chi connectivity index (χ2n) is 6.85. The van der Waals surface area contributed by atoms with Crippen LogP contribution in [0.5, 0.6) is 0 Å². The van der Waals surface area contributed by atoms with Gasteiger partial charge < -0.3 is 9.88 Å². The Hall–Kier alpha value is -1.79. The van der Waals surface area contributed by atoms with Crippen molar-refractivity contribution in [3.8, 4) is 0 Å². The minimum Gasteiger partial charge on any atom is -0.361 e. The summed E-state index contributed by atoms with van der Waals surface area (Å²) in [5, 5.41) is 1.26. The average molecular weight is 293 g/mol. The molecule has 1 aliphatic carbocycles. The normalized spacial score (nSPS) is 26.3. The van der Waals surface area contributed by atoms with Crippen molar-refractivity contribution in [3.63, 3.8) is 0 Å². The maximum atomic E-state index is 7.23. The van der Waals surface area contributed by atoms with Gasteiger partial charge in [-0.2, -0.15) is 0 Å². The van der Waals surface area contributed by atoms with Gasteiger partial charge in [-0.05, 0) is 74.2 Å². The lowest BCUT2D eigenvalue weighted by Crippen LogP contribution is -2.37. The van der Waals surface area contributed by atoms with E-state index in [2.05, 4.69) is 27.0 Å². The van der Waals surface area contributed by atoms with Crippen molar-refractivity contribution >= 4 is 16.6 Å². The summed E-state index contributed by atoms with van der Waals surface area (Å²) >= 11 is 0. The van der Waals surface area contributed by atoms with E-state index in [1.807, 2.05) is 12.1 Å². The summed E-state index contributed by atoms with van der Waals surface area (Å²) in [6.45, 7) is 9.82. The van der Waals surface area contributed by atoms with Gasteiger partial charge in [-0.25, -0.2) is 4.85 Å². The van der Waals surface area contributed by atoms with Crippen molar-refractivity contribution in [2.24, 2.45) is 0 Å². The second-order valence-corrected chi connectivity index (χ2v) is 6.85. The summed E-state index contributed by atoms with van der Waals surface area (Å²) in [7, 11) is 0. The van der Waals surface area contributed by atoms with Crippen LogP contribution in [0.25, 0.3) is 15.7 Å². The third-order valence-electron chi connectivity index (χ3n) is 5.58. The van der Waals surface area contributed by atoms with E-state index in [-0.39, 0.29) is 0 Å². The molecular formula is C19H23N3. The van der Waals surface area contributed by atoms with Gasteiger partial charge >= 0.3 is 0 Å². The van der Waals surface area contributed by atoms with Crippen molar-refractivity contribution in [1.29, 1.82) is 0 Å². The molecule has 3 heteroatoms. The highest BCUT2D eigenvalue weighted by atomic mass is 15.2. The molecule has 0 spiro atoms. The van der Waals surface area contributed by atoms with Crippen molar-refractivity contribution in [3.05, 3.63) is 41.4 Å². The van der Waals surface area contributed by atoms with E-state index in [9.17, 15) is 0 Å². The second kappa shape index (κ2) is 5.78. The van der Waals surface area contributed by atoms with Crippen LogP contribution in [0.3, 0.4) is 0 Å². The summed E-state index contributed by atoms with van der Waals surface area (Å²) in [6.07, 6.45) is 10.3. The number of hydrogen-bond donors (Lipinski definition) is 1. The molecule has 114 valence electrons. The Morgan fingerprint density at radius 1 is 1.14 bits per heavy atom. The minimum absolute atomic E-state index is 0.654. The third-order valence-corrected chi connectivity index (χ3v) is 5.58. The summed E-state index contributed by atoms with van der Waals surface area (Å²) in [6, 6.07) is 6.78. The summed E-state index contributed by atoms with van der Waals surface area (Å²) < 4.78 is 0. The molecule has 2 fully saturated rings. The largest absolute Gasteiger partial charge is 0.361 e. The first-order valence-corrected chi connectivity index (χ1v) is 8.57. The van der Waals surface area contributed by atoms with Gasteiger partial charge in [0.05, 0.1) is 6.57 Å². The number of nitrogens with one attached hydrogen (secondary N) is 1. The van der Waals surface area contributed by atoms with Gasteiger partial charge in [0.25, 0.3) is 0 Å². The molecule has 2 atom stereocenters. The molecule has 2 unspecified atom stereocenters. The van der Waals surface area contributed by atoms with Crippen molar-refractivity contribution in [2.75, 3.05) is 13.1 Å². The fourth-order valence-corrected chi connectivity index (χ4v) is 4.39. The standard InChI is InChI=1S/C19H23N3/c1-20-15-6-8-19-17(12-15)18(13-21-19)14-5-7-16(11-14)22-9-3-2-4-10-22/h6,8,12-14,16,21H,2-5,7,9-11H2. The van der Waals surface area contributed by atoms with Crippen LogP contribution >= 0.6 is 0 Å². The molecule has 2 aromatic rings. The number of H-pyrrole nitrogens is 1. The monoisotopic (exact) mass is 293 g/mol. The van der Waals surface area contributed by atoms with Crippen LogP contribution in [0.1, 0.15) is 50.0 Å². The van der Waals surface area contributed by atoms with Crippen molar-refractivity contribution < 1.29 is 0 Å². The lowest BCUT2D eigenvalue weighted by atomic mass is 9.96. The molecule has 0 bridgehead atoms. The maximum absolute atomic E-state index is 7.23. The van der Waals surface area contributed by atoms with E-state index in [1.165, 1.54) is 68.1 Å². The van der Waals surface area contributed by atoms with Crippen LogP contribution in [0.4, 0.5) is 5.69 Å². The summed E-state index contributed by atoms with van der Waals surface area (Å²) in [4.78, 5) is 9.70. The number of aromatic nitrogens is 1. The number of piperidine rings is 1. The zero-order chi connectivity index (χ0) is 14.9. The number of likely N-dealkylation sites (tertiary alicyclic amines) is 1. The average Bonchev–Trinajstić information content (AvgIpc) is 3.21. The highest BCUT2D eigenvalue weighted by molar-refractivity contribution is 5.87. The molecule has 1 aromatic carbocycles. The van der Waals surface area contributed by atoms with Crippen molar-refractivity contribution in [2.45, 2.75) is 50.5 Å². The first kappa shape index (κ1) is 13.8. The van der Waals surface area contributed by atoms with Gasteiger partial charge in [-0.1, -0.05) is 12.5 Å². The fraction of sp³-hybridized carbons (Fsp3) is 0.526. The maximum Gasteiger partial charge on any atom is 0.187 e. The quantitative estimate of drug-likeness (QED) is 0.787. The Labute approximate surface area is 132 Å². The minimum atomic E-state index is 0.654. The number of aromatic amines is 1. The zero-order valence-corrected chi connectivity index (χ0v) is 13.0. The lowest BCUT2D eigenvalue weighted by Gasteiger charge is -2.32. The highest BCUT2D eigenvalue weighted by Crippen LogP contribution is 2.41. The van der Waals surface area contributed by atoms with E-state index >= 15 is 0 Å². The Morgan fingerprint density at radius 2 is 2.00 bits per heavy atom. The van der Waals surface area contributed by atoms with Gasteiger partial charge in [0, 0.05) is 17.8 Å². The van der Waals surface area contributed by atoms with Crippen LogP contribution in [0, 0.1) is 6.57 Å².